The van der Waals surface area contributed by atoms with Crippen LogP contribution in [0.2, 0.25) is 0 Å². The Hall–Kier alpha value is -0.870. The van der Waals surface area contributed by atoms with Crippen molar-refractivity contribution in [2.45, 2.75) is 38.5 Å². The number of carbonyl (C=O) groups excluding carboxylic acids is 1. The highest BCUT2D eigenvalue weighted by molar-refractivity contribution is 5.76. The van der Waals surface area contributed by atoms with E-state index in [0.29, 0.717) is 17.8 Å². The van der Waals surface area contributed by atoms with Gasteiger partial charge in [-0.05, 0) is 55.3 Å². The van der Waals surface area contributed by atoms with E-state index >= 15 is 0 Å². The third kappa shape index (κ3) is 2.53. The van der Waals surface area contributed by atoms with Crippen LogP contribution >= 0.6 is 0 Å². The van der Waals surface area contributed by atoms with Gasteiger partial charge in [0.1, 0.15) is 0 Å². The summed E-state index contributed by atoms with van der Waals surface area (Å²) in [6.07, 6.45) is 11.9. The lowest BCUT2D eigenvalue weighted by molar-refractivity contribution is -0.181. The van der Waals surface area contributed by atoms with Gasteiger partial charge in [0.25, 0.3) is 0 Å². The molecule has 1 heterocycles. The Balaban J connectivity index is 1.19. The van der Waals surface area contributed by atoms with Crippen LogP contribution in [-0.2, 0) is 9.63 Å². The van der Waals surface area contributed by atoms with Crippen LogP contribution in [0.5, 0.6) is 0 Å². The molecule has 0 radical (unpaired) electrons. The molecular formula is C17H26N2O2. The molecule has 1 spiro atoms. The Bertz CT molecular complexity index is 438. The lowest BCUT2D eigenvalue weighted by Gasteiger charge is -2.26. The summed E-state index contributed by atoms with van der Waals surface area (Å²) in [5.41, 5.74) is 0.636. The molecule has 1 saturated heterocycles. The van der Waals surface area contributed by atoms with Gasteiger partial charge in [0.2, 0.25) is 5.91 Å². The first kappa shape index (κ1) is 13.8. The highest BCUT2D eigenvalue weighted by Crippen LogP contribution is 2.69. The summed E-state index contributed by atoms with van der Waals surface area (Å²) in [6, 6.07) is 0. The zero-order valence-corrected chi connectivity index (χ0v) is 12.7. The van der Waals surface area contributed by atoms with E-state index in [9.17, 15) is 4.79 Å². The van der Waals surface area contributed by atoms with Crippen molar-refractivity contribution >= 4 is 5.91 Å². The van der Waals surface area contributed by atoms with Crippen LogP contribution in [0.1, 0.15) is 38.5 Å². The summed E-state index contributed by atoms with van der Waals surface area (Å²) >= 11 is 0. The number of nitrogens with zero attached hydrogens (tertiary/aromatic N) is 1. The first-order valence-electron chi connectivity index (χ1n) is 8.61. The SMILES string of the molecule is O=C(CCN1CCCCO1)NC[C@H]1C[C@H]2C=C[C@H]1C21CC1. The fourth-order valence-electron chi connectivity index (χ4n) is 4.74. The molecule has 4 rings (SSSR count). The van der Waals surface area contributed by atoms with E-state index in [0.717, 1.165) is 44.5 Å². The molecule has 1 amide bonds. The van der Waals surface area contributed by atoms with Gasteiger partial charge in [-0.25, -0.2) is 0 Å². The Kier molecular flexibility index (Phi) is 3.54. The van der Waals surface area contributed by atoms with Gasteiger partial charge in [0, 0.05) is 26.1 Å². The summed E-state index contributed by atoms with van der Waals surface area (Å²) in [7, 11) is 0. The standard InChI is InChI=1S/C17H26N2O2/c20-16(5-9-19-8-1-2-10-21-19)18-12-13-11-14-3-4-15(13)17(14)6-7-17/h3-4,13-15H,1-2,5-12H2,(H,18,20)/t13-,14-,15-/m1/s1. The van der Waals surface area contributed by atoms with Crippen LogP contribution in [0.25, 0.3) is 0 Å². The van der Waals surface area contributed by atoms with Crippen molar-refractivity contribution in [2.75, 3.05) is 26.2 Å². The Morgan fingerprint density at radius 2 is 2.24 bits per heavy atom. The molecule has 3 atom stereocenters. The van der Waals surface area contributed by atoms with E-state index in [1.165, 1.54) is 25.7 Å². The number of hydrogen-bond donors (Lipinski definition) is 1. The van der Waals surface area contributed by atoms with Crippen molar-refractivity contribution in [3.8, 4) is 0 Å². The second-order valence-electron chi connectivity index (χ2n) is 7.27. The lowest BCUT2D eigenvalue weighted by Crippen LogP contribution is -2.36. The van der Waals surface area contributed by atoms with Crippen LogP contribution in [0.3, 0.4) is 0 Å². The molecule has 4 aliphatic rings. The summed E-state index contributed by atoms with van der Waals surface area (Å²) in [6.45, 7) is 3.37. The first-order valence-corrected chi connectivity index (χ1v) is 8.61. The number of allylic oxidation sites excluding steroid dienone is 2. The van der Waals surface area contributed by atoms with Crippen molar-refractivity contribution in [3.63, 3.8) is 0 Å². The minimum Gasteiger partial charge on any atom is -0.356 e. The van der Waals surface area contributed by atoms with Crippen molar-refractivity contribution in [3.05, 3.63) is 12.2 Å². The number of hydrogen-bond acceptors (Lipinski definition) is 3. The van der Waals surface area contributed by atoms with Gasteiger partial charge in [0.15, 0.2) is 0 Å². The van der Waals surface area contributed by atoms with E-state index in [1.807, 2.05) is 5.06 Å². The topological polar surface area (TPSA) is 41.6 Å². The molecule has 2 bridgehead atoms. The van der Waals surface area contributed by atoms with Crippen LogP contribution < -0.4 is 5.32 Å². The number of hydroxylamine groups is 2. The maximum Gasteiger partial charge on any atom is 0.221 e. The van der Waals surface area contributed by atoms with Crippen molar-refractivity contribution in [1.29, 1.82) is 0 Å². The Morgan fingerprint density at radius 3 is 2.95 bits per heavy atom. The van der Waals surface area contributed by atoms with Gasteiger partial charge in [-0.1, -0.05) is 12.2 Å². The third-order valence-electron chi connectivity index (χ3n) is 6.07. The van der Waals surface area contributed by atoms with Crippen molar-refractivity contribution in [1.82, 2.24) is 10.4 Å². The fourth-order valence-corrected chi connectivity index (χ4v) is 4.74. The maximum atomic E-state index is 12.0. The van der Waals surface area contributed by atoms with E-state index in [4.69, 9.17) is 4.84 Å². The first-order chi connectivity index (χ1) is 10.3. The summed E-state index contributed by atoms with van der Waals surface area (Å²) < 4.78 is 0. The average Bonchev–Trinajstić information content (AvgIpc) is 3.19. The molecule has 0 aromatic heterocycles. The molecule has 0 unspecified atom stereocenters. The lowest BCUT2D eigenvalue weighted by atomic mass is 9.89. The Labute approximate surface area is 126 Å². The zero-order valence-electron chi connectivity index (χ0n) is 12.7. The predicted molar refractivity (Wildman–Crippen MR) is 80.3 cm³/mol. The second-order valence-corrected chi connectivity index (χ2v) is 7.27. The molecule has 2 saturated carbocycles. The Morgan fingerprint density at radius 1 is 1.33 bits per heavy atom. The van der Waals surface area contributed by atoms with E-state index in [-0.39, 0.29) is 5.91 Å². The molecule has 21 heavy (non-hydrogen) atoms. The van der Waals surface area contributed by atoms with E-state index < -0.39 is 0 Å². The summed E-state index contributed by atoms with van der Waals surface area (Å²) in [5.74, 6) is 2.41. The van der Waals surface area contributed by atoms with Gasteiger partial charge in [0.05, 0.1) is 6.61 Å². The molecule has 1 aliphatic heterocycles. The highest BCUT2D eigenvalue weighted by Gasteiger charge is 2.62. The van der Waals surface area contributed by atoms with Crippen LogP contribution in [0.15, 0.2) is 12.2 Å². The molecule has 4 nitrogen and oxygen atoms in total. The van der Waals surface area contributed by atoms with Crippen molar-refractivity contribution in [2.24, 2.45) is 23.2 Å². The predicted octanol–water partition coefficient (Wildman–Crippen LogP) is 2.12. The second kappa shape index (κ2) is 5.40. The van der Waals surface area contributed by atoms with Gasteiger partial charge >= 0.3 is 0 Å². The maximum absolute atomic E-state index is 12.0. The minimum absolute atomic E-state index is 0.181. The van der Waals surface area contributed by atoms with Gasteiger partial charge in [-0.15, -0.1) is 0 Å². The molecule has 4 heteroatoms. The molecule has 116 valence electrons. The normalized spacial score (nSPS) is 36.3. The summed E-state index contributed by atoms with van der Waals surface area (Å²) in [4.78, 5) is 17.5. The minimum atomic E-state index is 0.181. The monoisotopic (exact) mass is 290 g/mol. The average molecular weight is 290 g/mol. The van der Waals surface area contributed by atoms with Crippen LogP contribution in [0, 0.1) is 23.2 Å². The molecule has 1 N–H and O–H groups in total. The highest BCUT2D eigenvalue weighted by atomic mass is 16.7. The number of amides is 1. The number of nitrogens with one attached hydrogen (secondary N) is 1. The zero-order chi connectivity index (χ0) is 14.3. The molecule has 0 aromatic carbocycles. The smallest absolute Gasteiger partial charge is 0.221 e. The number of rotatable bonds is 5. The molecule has 3 fully saturated rings. The van der Waals surface area contributed by atoms with Crippen molar-refractivity contribution < 1.29 is 9.63 Å². The number of carbonyl (C=O) groups is 1. The van der Waals surface area contributed by atoms with E-state index in [2.05, 4.69) is 17.5 Å². The molecule has 3 aliphatic carbocycles. The van der Waals surface area contributed by atoms with Crippen LogP contribution in [-0.4, -0.2) is 37.2 Å². The largest absolute Gasteiger partial charge is 0.356 e. The quantitative estimate of drug-likeness (QED) is 0.789. The van der Waals surface area contributed by atoms with Gasteiger partial charge in [-0.3, -0.25) is 9.63 Å². The fraction of sp³-hybridized carbons (Fsp3) is 0.824. The van der Waals surface area contributed by atoms with Crippen LogP contribution in [0.4, 0.5) is 0 Å². The van der Waals surface area contributed by atoms with Gasteiger partial charge in [-0.2, -0.15) is 5.06 Å². The molecular weight excluding hydrogens is 264 g/mol. The third-order valence-corrected chi connectivity index (χ3v) is 6.07. The van der Waals surface area contributed by atoms with E-state index in [1.54, 1.807) is 0 Å². The molecule has 0 aromatic rings. The summed E-state index contributed by atoms with van der Waals surface area (Å²) in [5, 5.41) is 5.11. The van der Waals surface area contributed by atoms with Gasteiger partial charge < -0.3 is 5.32 Å².